The first-order valence-electron chi connectivity index (χ1n) is 5.14. The van der Waals surface area contributed by atoms with E-state index in [-0.39, 0.29) is 11.8 Å². The summed E-state index contributed by atoms with van der Waals surface area (Å²) in [5.74, 6) is -0.510. The maximum Gasteiger partial charge on any atom is 0.236 e. The minimum absolute atomic E-state index is 0.255. The lowest BCUT2D eigenvalue weighted by Gasteiger charge is -1.96. The lowest BCUT2D eigenvalue weighted by Crippen LogP contribution is -2.13. The molecular weight excluding hydrogens is 234 g/mol. The number of carbonyl (C=O) groups is 2. The van der Waals surface area contributed by atoms with Crippen molar-refractivity contribution in [3.05, 3.63) is 29.6 Å². The van der Waals surface area contributed by atoms with E-state index in [1.54, 1.807) is 18.2 Å². The van der Waals surface area contributed by atoms with Gasteiger partial charge in [-0.15, -0.1) is 0 Å². The Hall–Kier alpha value is -2.57. The second kappa shape index (κ2) is 6.89. The van der Waals surface area contributed by atoms with E-state index in [4.69, 9.17) is 0 Å². The molecule has 2 amide bonds. The van der Waals surface area contributed by atoms with Crippen LogP contribution in [0.5, 0.6) is 0 Å². The first kappa shape index (κ1) is 13.5. The minimum atomic E-state index is -0.255. The van der Waals surface area contributed by atoms with Gasteiger partial charge in [0.1, 0.15) is 0 Å². The number of nitrogens with one attached hydrogen (secondary N) is 2. The van der Waals surface area contributed by atoms with Crippen LogP contribution in [0.15, 0.2) is 28.4 Å². The van der Waals surface area contributed by atoms with Gasteiger partial charge >= 0.3 is 0 Å². The molecule has 1 rings (SSSR count). The zero-order chi connectivity index (χ0) is 13.4. The molecule has 94 valence electrons. The van der Waals surface area contributed by atoms with Crippen molar-refractivity contribution in [3.63, 3.8) is 0 Å². The number of rotatable bonds is 4. The number of nitrogens with zero attached hydrogens (tertiary/aromatic N) is 3. The largest absolute Gasteiger partial charge is 0.274 e. The molecule has 0 unspecified atom stereocenters. The second-order valence-electron chi connectivity index (χ2n) is 3.34. The molecule has 7 heteroatoms. The average molecular weight is 247 g/mol. The Morgan fingerprint density at radius 1 is 1.06 bits per heavy atom. The molecular formula is C11H13N5O2. The Bertz CT molecular complexity index is 455. The number of pyridine rings is 1. The van der Waals surface area contributed by atoms with E-state index in [1.165, 1.54) is 26.3 Å². The molecule has 0 saturated carbocycles. The van der Waals surface area contributed by atoms with E-state index >= 15 is 0 Å². The summed E-state index contributed by atoms with van der Waals surface area (Å²) < 4.78 is 0. The SMILES string of the molecule is CC(=O)N/N=C/c1cccc(/C=N/NC(C)=O)n1. The highest BCUT2D eigenvalue weighted by Crippen LogP contribution is 1.94. The number of amides is 2. The van der Waals surface area contributed by atoms with Gasteiger partial charge in [0.05, 0.1) is 23.8 Å². The fourth-order valence-corrected chi connectivity index (χ4v) is 0.991. The predicted octanol–water partition coefficient (Wildman–Crippen LogP) is 0.0216. The highest BCUT2D eigenvalue weighted by atomic mass is 16.2. The van der Waals surface area contributed by atoms with Crippen LogP contribution < -0.4 is 10.9 Å². The molecule has 0 aliphatic heterocycles. The number of hydrazone groups is 2. The van der Waals surface area contributed by atoms with Gasteiger partial charge in [-0.1, -0.05) is 6.07 Å². The van der Waals surface area contributed by atoms with Gasteiger partial charge in [0.2, 0.25) is 11.8 Å². The summed E-state index contributed by atoms with van der Waals surface area (Å²) in [6.07, 6.45) is 2.83. The normalized spacial score (nSPS) is 10.8. The standard InChI is InChI=1S/C11H13N5O2/c1-8(17)15-12-6-10-4-3-5-11(14-10)7-13-16-9(2)18/h3-7H,1-2H3,(H,15,17)(H,16,18)/b12-6+,13-7+. The predicted molar refractivity (Wildman–Crippen MR) is 67.1 cm³/mol. The molecule has 0 spiro atoms. The van der Waals surface area contributed by atoms with Crippen molar-refractivity contribution in [1.29, 1.82) is 0 Å². The molecule has 1 aromatic rings. The maximum absolute atomic E-state index is 10.6. The summed E-state index contributed by atoms with van der Waals surface area (Å²) >= 11 is 0. The summed E-state index contributed by atoms with van der Waals surface area (Å²) in [4.78, 5) is 25.4. The quantitative estimate of drug-likeness (QED) is 0.580. The summed E-state index contributed by atoms with van der Waals surface area (Å²) in [6, 6.07) is 5.21. The number of hydrogen-bond acceptors (Lipinski definition) is 5. The van der Waals surface area contributed by atoms with Crippen LogP contribution >= 0.6 is 0 Å². The number of aromatic nitrogens is 1. The zero-order valence-electron chi connectivity index (χ0n) is 10.0. The molecule has 0 bridgehead atoms. The van der Waals surface area contributed by atoms with E-state index in [0.717, 1.165) is 0 Å². The summed E-state index contributed by atoms with van der Waals surface area (Å²) in [5, 5.41) is 7.38. The van der Waals surface area contributed by atoms with E-state index < -0.39 is 0 Å². The van der Waals surface area contributed by atoms with Gasteiger partial charge in [-0.2, -0.15) is 10.2 Å². The highest BCUT2D eigenvalue weighted by molar-refractivity contribution is 5.83. The van der Waals surface area contributed by atoms with Gasteiger partial charge in [-0.25, -0.2) is 15.8 Å². The van der Waals surface area contributed by atoms with Crippen LogP contribution in [-0.2, 0) is 9.59 Å². The third kappa shape index (κ3) is 5.50. The number of hydrogen-bond donors (Lipinski definition) is 2. The minimum Gasteiger partial charge on any atom is -0.274 e. The van der Waals surface area contributed by atoms with E-state index in [9.17, 15) is 9.59 Å². The van der Waals surface area contributed by atoms with Crippen molar-refractivity contribution in [1.82, 2.24) is 15.8 Å². The fraction of sp³-hybridized carbons (Fsp3) is 0.182. The maximum atomic E-state index is 10.6. The van der Waals surface area contributed by atoms with Crippen LogP contribution in [0.3, 0.4) is 0 Å². The average Bonchev–Trinajstić information content (AvgIpc) is 2.28. The first-order chi connectivity index (χ1) is 8.58. The van der Waals surface area contributed by atoms with Gasteiger partial charge in [-0.3, -0.25) is 9.59 Å². The molecule has 0 atom stereocenters. The van der Waals surface area contributed by atoms with Gasteiger partial charge in [0.15, 0.2) is 0 Å². The zero-order valence-corrected chi connectivity index (χ0v) is 10.0. The molecule has 0 saturated heterocycles. The summed E-state index contributed by atoms with van der Waals surface area (Å²) in [5.41, 5.74) is 5.67. The van der Waals surface area contributed by atoms with E-state index in [0.29, 0.717) is 11.4 Å². The summed E-state index contributed by atoms with van der Waals surface area (Å²) in [6.45, 7) is 2.72. The van der Waals surface area contributed by atoms with Crippen molar-refractivity contribution in [2.24, 2.45) is 10.2 Å². The monoisotopic (exact) mass is 247 g/mol. The number of carbonyl (C=O) groups excluding carboxylic acids is 2. The second-order valence-corrected chi connectivity index (χ2v) is 3.34. The van der Waals surface area contributed by atoms with Crippen LogP contribution in [0.25, 0.3) is 0 Å². The van der Waals surface area contributed by atoms with Gasteiger partial charge < -0.3 is 0 Å². The molecule has 1 aromatic heterocycles. The Balaban J connectivity index is 2.67. The third-order valence-electron chi connectivity index (χ3n) is 1.63. The van der Waals surface area contributed by atoms with Crippen LogP contribution in [0, 0.1) is 0 Å². The smallest absolute Gasteiger partial charge is 0.236 e. The van der Waals surface area contributed by atoms with Gasteiger partial charge in [0, 0.05) is 13.8 Å². The molecule has 1 heterocycles. The van der Waals surface area contributed by atoms with E-state index in [2.05, 4.69) is 26.0 Å². The van der Waals surface area contributed by atoms with Crippen molar-refractivity contribution in [3.8, 4) is 0 Å². The van der Waals surface area contributed by atoms with Gasteiger partial charge in [0.25, 0.3) is 0 Å². The first-order valence-corrected chi connectivity index (χ1v) is 5.14. The molecule has 0 aliphatic carbocycles. The Kier molecular flexibility index (Phi) is 5.17. The van der Waals surface area contributed by atoms with Crippen LogP contribution in [0.1, 0.15) is 25.2 Å². The van der Waals surface area contributed by atoms with Crippen LogP contribution in [0.2, 0.25) is 0 Å². The molecule has 0 aromatic carbocycles. The van der Waals surface area contributed by atoms with Crippen molar-refractivity contribution >= 4 is 24.2 Å². The fourth-order valence-electron chi connectivity index (χ4n) is 0.991. The van der Waals surface area contributed by atoms with Crippen LogP contribution in [0.4, 0.5) is 0 Å². The topological polar surface area (TPSA) is 95.8 Å². The molecule has 0 aliphatic rings. The lowest BCUT2D eigenvalue weighted by atomic mass is 10.3. The van der Waals surface area contributed by atoms with Crippen molar-refractivity contribution in [2.75, 3.05) is 0 Å². The third-order valence-corrected chi connectivity index (χ3v) is 1.63. The molecule has 18 heavy (non-hydrogen) atoms. The lowest BCUT2D eigenvalue weighted by molar-refractivity contribution is -0.119. The van der Waals surface area contributed by atoms with Crippen molar-refractivity contribution in [2.45, 2.75) is 13.8 Å². The highest BCUT2D eigenvalue weighted by Gasteiger charge is 1.93. The Labute approximate surface area is 104 Å². The Morgan fingerprint density at radius 3 is 1.89 bits per heavy atom. The molecule has 7 nitrogen and oxygen atoms in total. The summed E-state index contributed by atoms with van der Waals surface area (Å²) in [7, 11) is 0. The van der Waals surface area contributed by atoms with E-state index in [1.807, 2.05) is 0 Å². The molecule has 0 fully saturated rings. The molecule has 0 radical (unpaired) electrons. The van der Waals surface area contributed by atoms with Crippen molar-refractivity contribution < 1.29 is 9.59 Å². The van der Waals surface area contributed by atoms with Gasteiger partial charge in [-0.05, 0) is 12.1 Å². The van der Waals surface area contributed by atoms with Crippen LogP contribution in [-0.4, -0.2) is 29.2 Å². The molecule has 2 N–H and O–H groups in total. The Morgan fingerprint density at radius 2 is 1.50 bits per heavy atom.